The lowest BCUT2D eigenvalue weighted by molar-refractivity contribution is 0.00578. The van der Waals surface area contributed by atoms with Crippen LogP contribution in [0.15, 0.2) is 24.5 Å². The number of imidazole rings is 1. The van der Waals surface area contributed by atoms with Gasteiger partial charge in [-0.25, -0.2) is 9.50 Å². The molecule has 0 aliphatic carbocycles. The van der Waals surface area contributed by atoms with Crippen molar-refractivity contribution in [3.05, 3.63) is 24.5 Å². The van der Waals surface area contributed by atoms with E-state index in [9.17, 15) is 0 Å². The smallest absolute Gasteiger partial charge is 0.398 e. The fraction of sp³-hybridized carbons (Fsp3) is 0.500. The summed E-state index contributed by atoms with van der Waals surface area (Å²) in [5.41, 5.74) is 0.858. The number of aromatic nitrogens is 3. The third-order valence-corrected chi connectivity index (χ3v) is 3.75. The number of hydrogen-bond donors (Lipinski definition) is 0. The summed E-state index contributed by atoms with van der Waals surface area (Å²) in [7, 11) is -0.434. The van der Waals surface area contributed by atoms with E-state index in [1.807, 2.05) is 46.0 Å². The van der Waals surface area contributed by atoms with Gasteiger partial charge in [-0.05, 0) is 39.8 Å². The lowest BCUT2D eigenvalue weighted by atomic mass is 9.86. The van der Waals surface area contributed by atoms with Crippen molar-refractivity contribution in [2.45, 2.75) is 38.9 Å². The molecule has 1 aliphatic heterocycles. The van der Waals surface area contributed by atoms with Gasteiger partial charge >= 0.3 is 7.12 Å². The van der Waals surface area contributed by atoms with E-state index in [0.29, 0.717) is 0 Å². The largest absolute Gasteiger partial charge is 0.516 e. The molecule has 3 rings (SSSR count). The van der Waals surface area contributed by atoms with Crippen molar-refractivity contribution in [3.8, 4) is 0 Å². The Hall–Kier alpha value is -1.40. The molecule has 3 heterocycles. The summed E-state index contributed by atoms with van der Waals surface area (Å²) in [6, 6.07) is 3.76. The number of fused-ring (bicyclic) bond motifs is 1. The molecular formula is C12H16BN3O2. The summed E-state index contributed by atoms with van der Waals surface area (Å²) < 4.78 is 13.6. The van der Waals surface area contributed by atoms with Gasteiger partial charge in [-0.3, -0.25) is 0 Å². The second-order valence-corrected chi connectivity index (χ2v) is 5.58. The average molecular weight is 245 g/mol. The highest BCUT2D eigenvalue weighted by molar-refractivity contribution is 6.61. The molecule has 2 aromatic rings. The summed E-state index contributed by atoms with van der Waals surface area (Å²) in [5, 5.41) is 4.19. The van der Waals surface area contributed by atoms with E-state index in [-0.39, 0.29) is 11.2 Å². The van der Waals surface area contributed by atoms with Gasteiger partial charge in [0.1, 0.15) is 0 Å². The van der Waals surface area contributed by atoms with Crippen LogP contribution in [-0.4, -0.2) is 32.9 Å². The maximum Gasteiger partial charge on any atom is 0.516 e. The molecule has 0 atom stereocenters. The first-order valence-electron chi connectivity index (χ1n) is 6.05. The monoisotopic (exact) mass is 245 g/mol. The van der Waals surface area contributed by atoms with Gasteiger partial charge in [0.25, 0.3) is 0 Å². The van der Waals surface area contributed by atoms with E-state index < -0.39 is 7.12 Å². The highest BCUT2D eigenvalue weighted by Gasteiger charge is 2.52. The predicted molar refractivity (Wildman–Crippen MR) is 68.7 cm³/mol. The van der Waals surface area contributed by atoms with Crippen LogP contribution in [0.1, 0.15) is 27.7 Å². The Morgan fingerprint density at radius 1 is 1.17 bits per heavy atom. The van der Waals surface area contributed by atoms with Crippen molar-refractivity contribution in [1.82, 2.24) is 14.6 Å². The van der Waals surface area contributed by atoms with E-state index in [0.717, 1.165) is 11.2 Å². The van der Waals surface area contributed by atoms with Gasteiger partial charge in [0.2, 0.25) is 0 Å². The van der Waals surface area contributed by atoms with Crippen LogP contribution >= 0.6 is 0 Å². The van der Waals surface area contributed by atoms with Gasteiger partial charge < -0.3 is 9.31 Å². The van der Waals surface area contributed by atoms with E-state index in [4.69, 9.17) is 9.31 Å². The van der Waals surface area contributed by atoms with Crippen molar-refractivity contribution in [2.24, 2.45) is 0 Å². The molecule has 1 fully saturated rings. The molecule has 1 saturated heterocycles. The lowest BCUT2D eigenvalue weighted by Crippen LogP contribution is -2.41. The highest BCUT2D eigenvalue weighted by Crippen LogP contribution is 2.36. The lowest BCUT2D eigenvalue weighted by Gasteiger charge is -2.32. The van der Waals surface area contributed by atoms with Gasteiger partial charge in [0, 0.05) is 12.4 Å². The van der Waals surface area contributed by atoms with Gasteiger partial charge in [0.15, 0.2) is 5.65 Å². The number of nitrogens with zero attached hydrogens (tertiary/aromatic N) is 3. The van der Waals surface area contributed by atoms with Crippen LogP contribution < -0.4 is 5.59 Å². The molecule has 94 valence electrons. The van der Waals surface area contributed by atoms with E-state index in [1.165, 1.54) is 0 Å². The second kappa shape index (κ2) is 3.55. The fourth-order valence-corrected chi connectivity index (χ4v) is 1.93. The Morgan fingerprint density at radius 3 is 2.44 bits per heavy atom. The Balaban J connectivity index is 1.97. The molecule has 1 aliphatic rings. The van der Waals surface area contributed by atoms with Crippen LogP contribution in [0.5, 0.6) is 0 Å². The third kappa shape index (κ3) is 1.64. The molecule has 0 amide bonds. The van der Waals surface area contributed by atoms with E-state index in [1.54, 1.807) is 10.7 Å². The fourth-order valence-electron chi connectivity index (χ4n) is 1.93. The number of rotatable bonds is 1. The van der Waals surface area contributed by atoms with E-state index in [2.05, 4.69) is 10.1 Å². The summed E-state index contributed by atoms with van der Waals surface area (Å²) in [4.78, 5) is 4.48. The van der Waals surface area contributed by atoms with Gasteiger partial charge in [0.05, 0.1) is 16.8 Å². The summed E-state index contributed by atoms with van der Waals surface area (Å²) in [5.74, 6) is 0. The summed E-state index contributed by atoms with van der Waals surface area (Å²) in [6.07, 6.45) is 3.57. The molecule has 0 radical (unpaired) electrons. The Morgan fingerprint density at radius 2 is 1.83 bits per heavy atom. The molecule has 18 heavy (non-hydrogen) atoms. The third-order valence-electron chi connectivity index (χ3n) is 3.75. The zero-order chi connectivity index (χ0) is 13.0. The molecule has 0 unspecified atom stereocenters. The number of hydrogen-bond acceptors (Lipinski definition) is 4. The minimum Gasteiger partial charge on any atom is -0.398 e. The van der Waals surface area contributed by atoms with Crippen molar-refractivity contribution in [3.63, 3.8) is 0 Å². The maximum absolute atomic E-state index is 5.95. The molecule has 0 bridgehead atoms. The molecule has 0 saturated carbocycles. The first-order valence-corrected chi connectivity index (χ1v) is 6.05. The van der Waals surface area contributed by atoms with Crippen LogP contribution in [0, 0.1) is 0 Å². The van der Waals surface area contributed by atoms with Gasteiger partial charge in [-0.15, -0.1) is 0 Å². The maximum atomic E-state index is 5.95. The van der Waals surface area contributed by atoms with Crippen LogP contribution in [0.2, 0.25) is 0 Å². The summed E-state index contributed by atoms with van der Waals surface area (Å²) in [6.45, 7) is 8.12. The molecule has 5 nitrogen and oxygen atoms in total. The highest BCUT2D eigenvalue weighted by atomic mass is 16.7. The second-order valence-electron chi connectivity index (χ2n) is 5.58. The van der Waals surface area contributed by atoms with Crippen LogP contribution in [0.3, 0.4) is 0 Å². The molecule has 0 N–H and O–H groups in total. The van der Waals surface area contributed by atoms with Crippen molar-refractivity contribution in [1.29, 1.82) is 0 Å². The van der Waals surface area contributed by atoms with Gasteiger partial charge in [-0.2, -0.15) is 5.10 Å². The first kappa shape index (κ1) is 11.7. The standard InChI is InChI=1S/C12H16BN3O2/c1-11(2)12(3,4)18-13(17-11)9-8-16-10(15-9)6-5-7-14-16/h5-8H,1-4H3. The predicted octanol–water partition coefficient (Wildman–Crippen LogP) is 1.03. The van der Waals surface area contributed by atoms with Gasteiger partial charge in [-0.1, -0.05) is 0 Å². The molecule has 0 aromatic carbocycles. The first-order chi connectivity index (χ1) is 8.39. The topological polar surface area (TPSA) is 48.7 Å². The van der Waals surface area contributed by atoms with Crippen molar-refractivity contribution < 1.29 is 9.31 Å². The van der Waals surface area contributed by atoms with Crippen LogP contribution in [0.25, 0.3) is 5.65 Å². The Kier molecular flexibility index (Phi) is 2.31. The Labute approximate surface area is 106 Å². The zero-order valence-corrected chi connectivity index (χ0v) is 11.0. The quantitative estimate of drug-likeness (QED) is 0.704. The minimum atomic E-state index is -0.434. The average Bonchev–Trinajstić information content (AvgIpc) is 2.78. The minimum absolute atomic E-state index is 0.346. The SMILES string of the molecule is CC1(C)OB(c2cn3ncccc3n2)OC1(C)C. The molecular weight excluding hydrogens is 229 g/mol. The molecule has 6 heteroatoms. The molecule has 2 aromatic heterocycles. The molecule has 0 spiro atoms. The van der Waals surface area contributed by atoms with E-state index >= 15 is 0 Å². The zero-order valence-electron chi connectivity index (χ0n) is 11.0. The summed E-state index contributed by atoms with van der Waals surface area (Å²) >= 11 is 0. The van der Waals surface area contributed by atoms with Crippen molar-refractivity contribution in [2.75, 3.05) is 0 Å². The normalized spacial score (nSPS) is 21.7. The van der Waals surface area contributed by atoms with Crippen molar-refractivity contribution >= 4 is 18.4 Å². The Bertz CT molecular complexity index is 545. The van der Waals surface area contributed by atoms with Crippen LogP contribution in [-0.2, 0) is 9.31 Å². The van der Waals surface area contributed by atoms with Crippen LogP contribution in [0.4, 0.5) is 0 Å².